The fraction of sp³-hybridized carbons (Fsp3) is 0.370. The number of hydrogen-bond donors (Lipinski definition) is 5. The van der Waals surface area contributed by atoms with Crippen LogP contribution in [0.1, 0.15) is 43.1 Å². The molecule has 1 atom stereocenters. The molecule has 1 aliphatic carbocycles. The van der Waals surface area contributed by atoms with Gasteiger partial charge in [0.15, 0.2) is 5.82 Å². The Balaban J connectivity index is 1.31. The number of H-pyrrole nitrogens is 2. The van der Waals surface area contributed by atoms with Crippen molar-refractivity contribution in [2.75, 3.05) is 18.0 Å². The van der Waals surface area contributed by atoms with E-state index in [1.54, 1.807) is 11.8 Å². The number of thioether (sulfide) groups is 1. The van der Waals surface area contributed by atoms with Gasteiger partial charge in [0, 0.05) is 28.4 Å². The highest BCUT2D eigenvalue weighted by Gasteiger charge is 2.28. The van der Waals surface area contributed by atoms with Crippen molar-refractivity contribution < 1.29 is 4.79 Å². The van der Waals surface area contributed by atoms with Gasteiger partial charge in [-0.1, -0.05) is 36.4 Å². The topological polar surface area (TPSA) is 138 Å². The van der Waals surface area contributed by atoms with Gasteiger partial charge in [-0.05, 0) is 55.8 Å². The number of anilines is 1. The van der Waals surface area contributed by atoms with Gasteiger partial charge < -0.3 is 21.8 Å². The Hall–Kier alpha value is -3.30. The molecule has 9 heteroatoms. The summed E-state index contributed by atoms with van der Waals surface area (Å²) in [5.74, 6) is 3.54. The number of nitrogens with one attached hydrogen (secondary N) is 3. The number of aromatic nitrogens is 4. The molecule has 0 saturated heterocycles. The summed E-state index contributed by atoms with van der Waals surface area (Å²) in [6, 6.07) is 16.1. The van der Waals surface area contributed by atoms with Crippen LogP contribution in [0.5, 0.6) is 0 Å². The lowest BCUT2D eigenvalue weighted by molar-refractivity contribution is -0.126. The molecule has 8 nitrogen and oxygen atoms in total. The van der Waals surface area contributed by atoms with Crippen LogP contribution in [-0.2, 0) is 10.5 Å². The lowest BCUT2D eigenvalue weighted by Crippen LogP contribution is -2.37. The second-order valence-electron chi connectivity index (χ2n) is 9.57. The molecule has 4 aromatic rings. The molecule has 2 aromatic heterocycles. The van der Waals surface area contributed by atoms with E-state index in [9.17, 15) is 4.79 Å². The number of aromatic amines is 2. The maximum absolute atomic E-state index is 13.2. The molecule has 36 heavy (non-hydrogen) atoms. The summed E-state index contributed by atoms with van der Waals surface area (Å²) in [6.45, 7) is 0.708. The number of amides is 1. The predicted molar refractivity (Wildman–Crippen MR) is 146 cm³/mol. The van der Waals surface area contributed by atoms with Crippen molar-refractivity contribution in [1.82, 2.24) is 25.5 Å². The first-order valence-corrected chi connectivity index (χ1v) is 13.7. The normalized spacial score (nSPS) is 18.8. The van der Waals surface area contributed by atoms with Crippen LogP contribution in [0.3, 0.4) is 0 Å². The van der Waals surface area contributed by atoms with Gasteiger partial charge in [-0.3, -0.25) is 9.89 Å². The number of rotatable bonds is 9. The van der Waals surface area contributed by atoms with Gasteiger partial charge in [-0.25, -0.2) is 4.98 Å². The third-order valence-electron chi connectivity index (χ3n) is 7.09. The average Bonchev–Trinajstić information content (AvgIpc) is 3.56. The molecule has 0 radical (unpaired) electrons. The van der Waals surface area contributed by atoms with E-state index in [0.29, 0.717) is 18.3 Å². The van der Waals surface area contributed by atoms with E-state index in [2.05, 4.69) is 49.7 Å². The second kappa shape index (κ2) is 11.2. The standard InChI is InChI=1S/C27H33N7OS/c28-13-17-6-8-19(9-7-17)27(35)32-24(16-36-15-18-4-2-1-3-5-18)26-30-14-23(31-26)20-10-11-21-22(12-20)33-34-25(21)29/h1-5,10-12,14,17,19,24H,6-9,13,15-16,28H2,(H,30,31)(H,32,35)(H3,29,33,34)/t17?,19?,24-/m0/s1. The number of nitrogens with two attached hydrogens (primary N) is 2. The quantitative estimate of drug-likeness (QED) is 0.230. The van der Waals surface area contributed by atoms with Gasteiger partial charge in [0.25, 0.3) is 0 Å². The van der Waals surface area contributed by atoms with Crippen molar-refractivity contribution in [1.29, 1.82) is 0 Å². The molecule has 0 aliphatic heterocycles. The van der Waals surface area contributed by atoms with Crippen LogP contribution >= 0.6 is 11.8 Å². The highest BCUT2D eigenvalue weighted by atomic mass is 32.2. The zero-order valence-electron chi connectivity index (χ0n) is 20.2. The predicted octanol–water partition coefficient (Wildman–Crippen LogP) is 4.39. The molecular weight excluding hydrogens is 470 g/mol. The number of nitrogens with zero attached hydrogens (tertiary/aromatic N) is 2. The molecule has 5 rings (SSSR count). The lowest BCUT2D eigenvalue weighted by atomic mass is 9.81. The molecule has 188 valence electrons. The molecule has 2 aromatic carbocycles. The molecule has 1 aliphatic rings. The number of imidazole rings is 1. The summed E-state index contributed by atoms with van der Waals surface area (Å²) in [6.07, 6.45) is 5.66. The highest BCUT2D eigenvalue weighted by Crippen LogP contribution is 2.30. The molecule has 0 bridgehead atoms. The minimum atomic E-state index is -0.210. The molecule has 1 fully saturated rings. The molecule has 1 saturated carbocycles. The molecule has 2 heterocycles. The van der Waals surface area contributed by atoms with E-state index in [1.807, 2.05) is 30.5 Å². The highest BCUT2D eigenvalue weighted by molar-refractivity contribution is 7.98. The van der Waals surface area contributed by atoms with Crippen molar-refractivity contribution in [3.8, 4) is 11.3 Å². The molecular formula is C27H33N7OS. The van der Waals surface area contributed by atoms with Crippen LogP contribution in [0.25, 0.3) is 22.2 Å². The van der Waals surface area contributed by atoms with Gasteiger partial charge in [0.05, 0.1) is 23.4 Å². The van der Waals surface area contributed by atoms with Crippen LogP contribution in [0.15, 0.2) is 54.7 Å². The van der Waals surface area contributed by atoms with Crippen molar-refractivity contribution in [3.63, 3.8) is 0 Å². The average molecular weight is 504 g/mol. The van der Waals surface area contributed by atoms with Gasteiger partial charge >= 0.3 is 0 Å². The number of nitrogen functional groups attached to an aromatic ring is 1. The first-order valence-electron chi connectivity index (χ1n) is 12.5. The van der Waals surface area contributed by atoms with Crippen LogP contribution in [0.2, 0.25) is 0 Å². The van der Waals surface area contributed by atoms with E-state index < -0.39 is 0 Å². The van der Waals surface area contributed by atoms with Gasteiger partial charge in [-0.15, -0.1) is 0 Å². The van der Waals surface area contributed by atoms with Gasteiger partial charge in [-0.2, -0.15) is 16.9 Å². The van der Waals surface area contributed by atoms with Crippen LogP contribution in [-0.4, -0.2) is 38.4 Å². The van der Waals surface area contributed by atoms with Crippen molar-refractivity contribution in [3.05, 3.63) is 66.1 Å². The fourth-order valence-electron chi connectivity index (χ4n) is 4.88. The van der Waals surface area contributed by atoms with Crippen molar-refractivity contribution in [2.24, 2.45) is 17.6 Å². The summed E-state index contributed by atoms with van der Waals surface area (Å²) < 4.78 is 0. The minimum Gasteiger partial charge on any atom is -0.382 e. The van der Waals surface area contributed by atoms with E-state index in [0.717, 1.165) is 65.2 Å². The Morgan fingerprint density at radius 3 is 2.72 bits per heavy atom. The lowest BCUT2D eigenvalue weighted by Gasteiger charge is -2.28. The number of hydrogen-bond acceptors (Lipinski definition) is 6. The van der Waals surface area contributed by atoms with E-state index in [-0.39, 0.29) is 17.9 Å². The van der Waals surface area contributed by atoms with Crippen LogP contribution < -0.4 is 16.8 Å². The van der Waals surface area contributed by atoms with E-state index >= 15 is 0 Å². The maximum Gasteiger partial charge on any atom is 0.223 e. The zero-order chi connectivity index (χ0) is 24.9. The van der Waals surface area contributed by atoms with Crippen molar-refractivity contribution in [2.45, 2.75) is 37.5 Å². The zero-order valence-corrected chi connectivity index (χ0v) is 21.1. The summed E-state index contributed by atoms with van der Waals surface area (Å²) in [4.78, 5) is 21.3. The monoisotopic (exact) mass is 503 g/mol. The summed E-state index contributed by atoms with van der Waals surface area (Å²) in [5, 5.41) is 11.2. The van der Waals surface area contributed by atoms with Gasteiger partial charge in [0.2, 0.25) is 5.91 Å². The Labute approximate surface area is 215 Å². The Bertz CT molecular complexity index is 1290. The number of carbonyl (C=O) groups excluding carboxylic acids is 1. The number of fused-ring (bicyclic) bond motifs is 1. The first-order chi connectivity index (χ1) is 17.6. The molecule has 0 spiro atoms. The van der Waals surface area contributed by atoms with E-state index in [4.69, 9.17) is 11.5 Å². The van der Waals surface area contributed by atoms with E-state index in [1.165, 1.54) is 5.56 Å². The van der Waals surface area contributed by atoms with Gasteiger partial charge in [0.1, 0.15) is 5.82 Å². The number of carbonyl (C=O) groups is 1. The Morgan fingerprint density at radius 2 is 1.94 bits per heavy atom. The largest absolute Gasteiger partial charge is 0.382 e. The number of benzene rings is 2. The third-order valence-corrected chi connectivity index (χ3v) is 8.20. The smallest absolute Gasteiger partial charge is 0.223 e. The summed E-state index contributed by atoms with van der Waals surface area (Å²) in [5.41, 5.74) is 15.7. The fourth-order valence-corrected chi connectivity index (χ4v) is 5.90. The first kappa shape index (κ1) is 24.4. The third kappa shape index (κ3) is 5.57. The maximum atomic E-state index is 13.2. The van der Waals surface area contributed by atoms with Crippen LogP contribution in [0, 0.1) is 11.8 Å². The molecule has 7 N–H and O–H groups in total. The Morgan fingerprint density at radius 1 is 1.14 bits per heavy atom. The summed E-state index contributed by atoms with van der Waals surface area (Å²) >= 11 is 1.79. The minimum absolute atomic E-state index is 0.0390. The SMILES string of the molecule is NCC1CCC(C(=O)N[C@@H](CSCc2ccccc2)c2ncc(-c3ccc4c(N)n[nH]c4c3)[nH]2)CC1. The summed E-state index contributed by atoms with van der Waals surface area (Å²) in [7, 11) is 0. The molecule has 1 amide bonds. The van der Waals surface area contributed by atoms with Crippen molar-refractivity contribution >= 4 is 34.4 Å². The molecule has 0 unspecified atom stereocenters. The second-order valence-corrected chi connectivity index (χ2v) is 10.6. The van der Waals surface area contributed by atoms with Crippen LogP contribution in [0.4, 0.5) is 5.82 Å². The Kier molecular flexibility index (Phi) is 7.58.